The normalized spacial score (nSPS) is 18.0. The Morgan fingerprint density at radius 1 is 1.07 bits per heavy atom. The summed E-state index contributed by atoms with van der Waals surface area (Å²) < 4.78 is 129. The zero-order chi connectivity index (χ0) is 40.7. The highest BCUT2D eigenvalue weighted by Crippen LogP contribution is 2.68. The van der Waals surface area contributed by atoms with Gasteiger partial charge in [0.2, 0.25) is 0 Å². The maximum Gasteiger partial charge on any atom is 0.435 e. The van der Waals surface area contributed by atoms with E-state index in [-0.39, 0.29) is 41.2 Å². The Balaban J connectivity index is 1.38. The highest BCUT2D eigenvalue weighted by molar-refractivity contribution is 7.89. The maximum absolute atomic E-state index is 15.4. The van der Waals surface area contributed by atoms with Gasteiger partial charge < -0.3 is 5.11 Å². The number of sulfone groups is 1. The van der Waals surface area contributed by atoms with Crippen molar-refractivity contribution in [3.63, 3.8) is 0 Å². The van der Waals surface area contributed by atoms with Crippen molar-refractivity contribution in [1.29, 1.82) is 0 Å². The number of pyridine rings is 2. The zero-order valence-electron chi connectivity index (χ0n) is 30.3. The molecule has 9 nitrogen and oxygen atoms in total. The van der Waals surface area contributed by atoms with E-state index in [1.54, 1.807) is 35.6 Å². The van der Waals surface area contributed by atoms with Crippen molar-refractivity contribution in [2.45, 2.75) is 81.9 Å². The number of rotatable bonds is 10. The lowest BCUT2D eigenvalue weighted by atomic mass is 9.87. The second kappa shape index (κ2) is 13.5. The molecule has 1 fully saturated rings. The number of aliphatic hydroxyl groups is 1. The molecule has 0 amide bonds. The van der Waals surface area contributed by atoms with E-state index in [0.717, 1.165) is 18.4 Å². The molecular weight excluding hydrogens is 768 g/mol. The van der Waals surface area contributed by atoms with E-state index in [2.05, 4.69) is 21.9 Å². The molecule has 5 aromatic rings. The van der Waals surface area contributed by atoms with Crippen molar-refractivity contribution in [2.75, 3.05) is 6.26 Å². The van der Waals surface area contributed by atoms with Crippen LogP contribution < -0.4 is 0 Å². The second-order valence-electron chi connectivity index (χ2n) is 15.0. The number of hydrogen-bond donors (Lipinski definition) is 1. The number of benzene rings is 1. The fraction of sp³-hybridized carbons (Fsp3) is 0.385. The maximum atomic E-state index is 15.4. The van der Waals surface area contributed by atoms with Crippen LogP contribution in [0.25, 0.3) is 16.8 Å². The SMILES string of the molecule is Cc1nc(CS(C)(=O)=O)c2cccc(-c3ccc(C#CC(C)(C)O)nc3[C@@H](CC(=O)Cn3nc(C(F)(F)F)c4c3C(F)(F)[C@@H]3C[C@H]43)Cc3cc(F)cc(F)c3)n12. The number of carbonyl (C=O) groups is 1. The van der Waals surface area contributed by atoms with Gasteiger partial charge in [0.05, 0.1) is 28.4 Å². The molecule has 1 saturated carbocycles. The Kier molecular flexibility index (Phi) is 9.47. The minimum Gasteiger partial charge on any atom is -0.378 e. The summed E-state index contributed by atoms with van der Waals surface area (Å²) in [4.78, 5) is 23.2. The van der Waals surface area contributed by atoms with Crippen molar-refractivity contribution < 1.29 is 49.1 Å². The molecule has 2 aliphatic carbocycles. The molecule has 0 radical (unpaired) electrons. The van der Waals surface area contributed by atoms with E-state index in [4.69, 9.17) is 4.98 Å². The fourth-order valence-electron chi connectivity index (χ4n) is 7.62. The number of hydrogen-bond acceptors (Lipinski definition) is 7. The van der Waals surface area contributed by atoms with Gasteiger partial charge in [0.15, 0.2) is 21.3 Å². The van der Waals surface area contributed by atoms with Gasteiger partial charge in [-0.1, -0.05) is 12.0 Å². The van der Waals surface area contributed by atoms with Crippen molar-refractivity contribution in [2.24, 2.45) is 5.92 Å². The summed E-state index contributed by atoms with van der Waals surface area (Å²) >= 11 is 0. The molecule has 1 N–H and O–H groups in total. The van der Waals surface area contributed by atoms with Crippen molar-refractivity contribution in [3.05, 3.63) is 106 Å². The molecule has 0 bridgehead atoms. The third kappa shape index (κ3) is 7.68. The van der Waals surface area contributed by atoms with Gasteiger partial charge in [-0.3, -0.25) is 13.9 Å². The summed E-state index contributed by atoms with van der Waals surface area (Å²) in [6.45, 7) is 3.57. The van der Waals surface area contributed by atoms with E-state index in [0.29, 0.717) is 33.3 Å². The lowest BCUT2D eigenvalue weighted by molar-refractivity contribution is -0.142. The third-order valence-corrected chi connectivity index (χ3v) is 10.6. The number of Topliss-reactive ketones (excluding diaryl/α,β-unsaturated/α-hetero) is 1. The molecule has 0 saturated heterocycles. The number of alkyl halides is 5. The van der Waals surface area contributed by atoms with Gasteiger partial charge in [-0.2, -0.15) is 27.1 Å². The molecule has 56 heavy (non-hydrogen) atoms. The predicted molar refractivity (Wildman–Crippen MR) is 189 cm³/mol. The first-order valence-corrected chi connectivity index (χ1v) is 19.5. The van der Waals surface area contributed by atoms with E-state index in [1.807, 2.05) is 0 Å². The molecular formula is C39H34F7N5O4S. The number of imidazole rings is 1. The van der Waals surface area contributed by atoms with Gasteiger partial charge in [0.1, 0.15) is 41.0 Å². The van der Waals surface area contributed by atoms with Gasteiger partial charge in [-0.05, 0) is 87.4 Å². The molecule has 1 aromatic carbocycles. The van der Waals surface area contributed by atoms with Crippen LogP contribution in [0.15, 0.2) is 48.5 Å². The standard InChI is InChI=1S/C39H34F7N5O4S/c1-20-47-30(19-56(4,54)55)32-7-5-6-31(51(20)32)27-9-8-25(10-11-37(2,3)53)48-34(27)22(12-21-13-23(40)16-24(41)14-21)15-26(52)18-50-36-33(35(49-50)39(44,45)46)28-17-29(28)38(36,42)43/h5-9,13-14,16,22,28-29,53H,12,15,17-19H2,1-4H3/t22-,28+,29-/m1/s1. The summed E-state index contributed by atoms with van der Waals surface area (Å²) in [5, 5.41) is 13.8. The van der Waals surface area contributed by atoms with Crippen molar-refractivity contribution >= 4 is 21.1 Å². The van der Waals surface area contributed by atoms with Crippen LogP contribution in [0, 0.1) is 36.3 Å². The molecule has 294 valence electrons. The number of aromatic nitrogens is 5. The van der Waals surface area contributed by atoms with E-state index < -0.39 is 92.6 Å². The highest BCUT2D eigenvalue weighted by atomic mass is 32.2. The summed E-state index contributed by atoms with van der Waals surface area (Å²) in [6.07, 6.45) is -4.93. The summed E-state index contributed by atoms with van der Waals surface area (Å²) in [5.74, 6) is -4.33. The average molecular weight is 802 g/mol. The number of fused-ring (bicyclic) bond motifs is 4. The van der Waals surface area contributed by atoms with Crippen LogP contribution in [0.5, 0.6) is 0 Å². The van der Waals surface area contributed by atoms with Crippen molar-refractivity contribution in [1.82, 2.24) is 24.1 Å². The first-order valence-electron chi connectivity index (χ1n) is 17.4. The molecule has 4 aromatic heterocycles. The summed E-state index contributed by atoms with van der Waals surface area (Å²) in [5.41, 5.74) is -2.68. The molecule has 3 atom stereocenters. The number of ketones is 1. The van der Waals surface area contributed by atoms with Crippen LogP contribution in [0.3, 0.4) is 0 Å². The summed E-state index contributed by atoms with van der Waals surface area (Å²) in [7, 11) is -3.52. The Hall–Kier alpha value is -5.08. The van der Waals surface area contributed by atoms with Gasteiger partial charge in [-0.15, -0.1) is 0 Å². The van der Waals surface area contributed by atoms with E-state index >= 15 is 8.78 Å². The lowest BCUT2D eigenvalue weighted by Crippen LogP contribution is -2.24. The lowest BCUT2D eigenvalue weighted by Gasteiger charge is -2.22. The quantitative estimate of drug-likeness (QED) is 0.119. The largest absolute Gasteiger partial charge is 0.435 e. The summed E-state index contributed by atoms with van der Waals surface area (Å²) in [6, 6.07) is 10.8. The number of halogens is 7. The smallest absolute Gasteiger partial charge is 0.378 e. The Morgan fingerprint density at radius 3 is 2.41 bits per heavy atom. The molecule has 7 rings (SSSR count). The predicted octanol–water partition coefficient (Wildman–Crippen LogP) is 7.06. The van der Waals surface area contributed by atoms with Crippen molar-refractivity contribution in [3.8, 4) is 23.1 Å². The zero-order valence-corrected chi connectivity index (χ0v) is 31.2. The second-order valence-corrected chi connectivity index (χ2v) is 17.1. The molecule has 0 unspecified atom stereocenters. The number of aryl methyl sites for hydroxylation is 1. The number of carbonyl (C=O) groups excluding carboxylic acids is 1. The van der Waals surface area contributed by atoms with Crippen LogP contribution >= 0.6 is 0 Å². The third-order valence-electron chi connectivity index (χ3n) is 9.79. The van der Waals surface area contributed by atoms with Gasteiger partial charge in [0, 0.05) is 41.7 Å². The van der Waals surface area contributed by atoms with Gasteiger partial charge >= 0.3 is 6.18 Å². The first-order chi connectivity index (χ1) is 26.0. The first kappa shape index (κ1) is 39.2. The Labute approximate surface area is 316 Å². The van der Waals surface area contributed by atoms with Gasteiger partial charge in [-0.25, -0.2) is 27.2 Å². The van der Waals surface area contributed by atoms with E-state index in [9.17, 15) is 40.3 Å². The Bertz CT molecular complexity index is 2580. The molecule has 17 heteroatoms. The average Bonchev–Trinajstić information content (AvgIpc) is 3.61. The Morgan fingerprint density at radius 2 is 1.77 bits per heavy atom. The molecule has 0 aliphatic heterocycles. The van der Waals surface area contributed by atoms with Crippen LogP contribution in [0.4, 0.5) is 30.7 Å². The van der Waals surface area contributed by atoms with Gasteiger partial charge in [0.25, 0.3) is 5.92 Å². The van der Waals surface area contributed by atoms with Crippen LogP contribution in [0.1, 0.15) is 83.9 Å². The monoisotopic (exact) mass is 801 g/mol. The highest BCUT2D eigenvalue weighted by Gasteiger charge is 2.68. The topological polar surface area (TPSA) is 119 Å². The van der Waals surface area contributed by atoms with Crippen LogP contribution in [-0.2, 0) is 45.4 Å². The van der Waals surface area contributed by atoms with Crippen LogP contribution in [-0.4, -0.2) is 55.3 Å². The molecule has 4 heterocycles. The minimum absolute atomic E-state index is 0.0828. The molecule has 0 spiro atoms. The molecule has 2 aliphatic rings. The fourth-order valence-corrected chi connectivity index (χ4v) is 8.33. The van der Waals surface area contributed by atoms with E-state index in [1.165, 1.54) is 19.9 Å². The number of nitrogens with zero attached hydrogens (tertiary/aromatic N) is 5. The minimum atomic E-state index is -5.05. The van der Waals surface area contributed by atoms with Crippen LogP contribution in [0.2, 0.25) is 0 Å².